The number of hydrogen-bond acceptors (Lipinski definition) is 3. The van der Waals surface area contributed by atoms with Crippen molar-refractivity contribution in [1.82, 2.24) is 9.88 Å². The van der Waals surface area contributed by atoms with Crippen LogP contribution in [0.1, 0.15) is 12.1 Å². The van der Waals surface area contributed by atoms with Crippen LogP contribution in [-0.2, 0) is 11.3 Å². The molecule has 0 aliphatic carbocycles. The summed E-state index contributed by atoms with van der Waals surface area (Å²) in [5.41, 5.74) is 6.52. The predicted molar refractivity (Wildman–Crippen MR) is 57.4 cm³/mol. The zero-order valence-corrected chi connectivity index (χ0v) is 8.81. The van der Waals surface area contributed by atoms with Crippen molar-refractivity contribution in [2.45, 2.75) is 19.0 Å². The summed E-state index contributed by atoms with van der Waals surface area (Å²) in [7, 11) is 1.94. The summed E-state index contributed by atoms with van der Waals surface area (Å²) >= 11 is 0. The molecular formula is C10H17N3O2. The number of aromatic nitrogens is 1. The first-order chi connectivity index (χ1) is 7.09. The van der Waals surface area contributed by atoms with Crippen molar-refractivity contribution in [3.8, 4) is 0 Å². The quantitative estimate of drug-likeness (QED) is 0.630. The van der Waals surface area contributed by atoms with Gasteiger partial charge in [-0.2, -0.15) is 0 Å². The van der Waals surface area contributed by atoms with Crippen LogP contribution in [0.25, 0.3) is 0 Å². The second-order valence-corrected chi connectivity index (χ2v) is 3.67. The molecule has 0 bridgehead atoms. The molecule has 1 heterocycles. The number of H-pyrrole nitrogens is 1. The summed E-state index contributed by atoms with van der Waals surface area (Å²) in [4.78, 5) is 15.6. The van der Waals surface area contributed by atoms with Gasteiger partial charge in [-0.3, -0.25) is 4.79 Å². The van der Waals surface area contributed by atoms with E-state index in [0.717, 1.165) is 12.2 Å². The third-order valence-electron chi connectivity index (χ3n) is 2.24. The van der Waals surface area contributed by atoms with Crippen molar-refractivity contribution in [3.05, 3.63) is 24.0 Å². The number of rotatable bonds is 6. The van der Waals surface area contributed by atoms with Gasteiger partial charge < -0.3 is 20.7 Å². The Morgan fingerprint density at radius 3 is 3.00 bits per heavy atom. The number of nitrogens with one attached hydrogen (secondary N) is 1. The lowest BCUT2D eigenvalue weighted by Crippen LogP contribution is -2.34. The van der Waals surface area contributed by atoms with Crippen molar-refractivity contribution < 1.29 is 9.90 Å². The Morgan fingerprint density at radius 2 is 2.47 bits per heavy atom. The van der Waals surface area contributed by atoms with Crippen LogP contribution in [0.15, 0.2) is 18.3 Å². The monoisotopic (exact) mass is 211 g/mol. The van der Waals surface area contributed by atoms with E-state index in [1.807, 2.05) is 30.3 Å². The molecule has 1 aromatic rings. The van der Waals surface area contributed by atoms with E-state index < -0.39 is 12.0 Å². The zero-order valence-electron chi connectivity index (χ0n) is 8.81. The second-order valence-electron chi connectivity index (χ2n) is 3.67. The highest BCUT2D eigenvalue weighted by Gasteiger charge is 2.12. The molecule has 0 radical (unpaired) electrons. The average molecular weight is 211 g/mol. The number of aliphatic carboxylic acids is 1. The second kappa shape index (κ2) is 5.53. The fraction of sp³-hybridized carbons (Fsp3) is 0.500. The molecule has 1 atom stereocenters. The van der Waals surface area contributed by atoms with Crippen molar-refractivity contribution in [2.75, 3.05) is 13.6 Å². The Bertz CT molecular complexity index is 298. The molecule has 0 fully saturated rings. The average Bonchev–Trinajstić information content (AvgIpc) is 2.66. The fourth-order valence-electron chi connectivity index (χ4n) is 1.32. The van der Waals surface area contributed by atoms with Gasteiger partial charge in [-0.05, 0) is 25.6 Å². The highest BCUT2D eigenvalue weighted by Crippen LogP contribution is 2.01. The SMILES string of the molecule is CN(CCC(N)C(=O)O)Cc1ccc[nH]1. The van der Waals surface area contributed by atoms with Gasteiger partial charge in [0.2, 0.25) is 0 Å². The van der Waals surface area contributed by atoms with E-state index in [0.29, 0.717) is 13.0 Å². The number of nitrogens with zero attached hydrogens (tertiary/aromatic N) is 1. The first kappa shape index (κ1) is 11.7. The van der Waals surface area contributed by atoms with Crippen LogP contribution >= 0.6 is 0 Å². The maximum Gasteiger partial charge on any atom is 0.320 e. The van der Waals surface area contributed by atoms with Crippen LogP contribution in [0.2, 0.25) is 0 Å². The lowest BCUT2D eigenvalue weighted by molar-refractivity contribution is -0.138. The number of carboxylic acid groups (broad SMARTS) is 1. The largest absolute Gasteiger partial charge is 0.480 e. The first-order valence-electron chi connectivity index (χ1n) is 4.89. The van der Waals surface area contributed by atoms with Crippen molar-refractivity contribution in [1.29, 1.82) is 0 Å². The summed E-state index contributed by atoms with van der Waals surface area (Å²) in [5, 5.41) is 8.60. The Hall–Kier alpha value is -1.33. The summed E-state index contributed by atoms with van der Waals surface area (Å²) in [6.07, 6.45) is 2.33. The molecular weight excluding hydrogens is 194 g/mol. The summed E-state index contributed by atoms with van der Waals surface area (Å²) < 4.78 is 0. The van der Waals surface area contributed by atoms with Crippen LogP contribution in [0.5, 0.6) is 0 Å². The van der Waals surface area contributed by atoms with Crippen LogP contribution < -0.4 is 5.73 Å². The molecule has 0 aliphatic heterocycles. The molecule has 84 valence electrons. The maximum atomic E-state index is 10.5. The summed E-state index contributed by atoms with van der Waals surface area (Å²) in [6, 6.07) is 3.16. The minimum atomic E-state index is -0.941. The van der Waals surface area contributed by atoms with Gasteiger partial charge in [-0.15, -0.1) is 0 Å². The van der Waals surface area contributed by atoms with Gasteiger partial charge in [0.05, 0.1) is 0 Å². The molecule has 0 aliphatic rings. The van der Waals surface area contributed by atoms with Crippen LogP contribution in [0, 0.1) is 0 Å². The van der Waals surface area contributed by atoms with Crippen LogP contribution in [0.3, 0.4) is 0 Å². The molecule has 0 aromatic carbocycles. The molecule has 15 heavy (non-hydrogen) atoms. The number of aromatic amines is 1. The topological polar surface area (TPSA) is 82.3 Å². The summed E-state index contributed by atoms with van der Waals surface area (Å²) in [5.74, 6) is -0.941. The predicted octanol–water partition coefficient (Wildman–Crippen LogP) is 0.249. The van der Waals surface area contributed by atoms with E-state index in [9.17, 15) is 4.79 Å². The number of nitrogens with two attached hydrogens (primary N) is 1. The minimum Gasteiger partial charge on any atom is -0.480 e. The molecule has 0 amide bonds. The van der Waals surface area contributed by atoms with E-state index in [2.05, 4.69) is 4.98 Å². The number of carbonyl (C=O) groups is 1. The Morgan fingerprint density at radius 1 is 1.73 bits per heavy atom. The molecule has 4 N–H and O–H groups in total. The van der Waals surface area contributed by atoms with Crippen molar-refractivity contribution in [2.24, 2.45) is 5.73 Å². The van der Waals surface area contributed by atoms with E-state index in [1.54, 1.807) is 0 Å². The molecule has 5 nitrogen and oxygen atoms in total. The lowest BCUT2D eigenvalue weighted by Gasteiger charge is -2.16. The molecule has 1 aromatic heterocycles. The third-order valence-corrected chi connectivity index (χ3v) is 2.24. The summed E-state index contributed by atoms with van der Waals surface area (Å²) in [6.45, 7) is 1.45. The van der Waals surface area contributed by atoms with Crippen molar-refractivity contribution in [3.63, 3.8) is 0 Å². The first-order valence-corrected chi connectivity index (χ1v) is 4.89. The van der Waals surface area contributed by atoms with Gasteiger partial charge in [0, 0.05) is 25.0 Å². The molecule has 0 saturated heterocycles. The van der Waals surface area contributed by atoms with Gasteiger partial charge in [0.25, 0.3) is 0 Å². The minimum absolute atomic E-state index is 0.465. The standard InChI is InChI=1S/C10H17N3O2/c1-13(6-4-9(11)10(14)15)7-8-3-2-5-12-8/h2-3,5,9,12H,4,6-7,11H2,1H3,(H,14,15). The molecule has 5 heteroatoms. The van der Waals surface area contributed by atoms with Gasteiger partial charge in [-0.25, -0.2) is 0 Å². The molecule has 1 unspecified atom stereocenters. The smallest absolute Gasteiger partial charge is 0.320 e. The zero-order chi connectivity index (χ0) is 11.3. The van der Waals surface area contributed by atoms with Crippen molar-refractivity contribution >= 4 is 5.97 Å². The van der Waals surface area contributed by atoms with E-state index in [-0.39, 0.29) is 0 Å². The number of hydrogen-bond donors (Lipinski definition) is 3. The van der Waals surface area contributed by atoms with Crippen LogP contribution in [-0.4, -0.2) is 40.6 Å². The lowest BCUT2D eigenvalue weighted by atomic mass is 10.2. The van der Waals surface area contributed by atoms with E-state index >= 15 is 0 Å². The molecule has 0 saturated carbocycles. The Labute approximate surface area is 88.9 Å². The highest BCUT2D eigenvalue weighted by atomic mass is 16.4. The Kier molecular flexibility index (Phi) is 4.33. The Balaban J connectivity index is 2.25. The van der Waals surface area contributed by atoms with Gasteiger partial charge >= 0.3 is 5.97 Å². The fourth-order valence-corrected chi connectivity index (χ4v) is 1.32. The van der Waals surface area contributed by atoms with E-state index in [4.69, 9.17) is 10.8 Å². The van der Waals surface area contributed by atoms with Crippen LogP contribution in [0.4, 0.5) is 0 Å². The molecule has 1 rings (SSSR count). The highest BCUT2D eigenvalue weighted by molar-refractivity contribution is 5.72. The normalized spacial score (nSPS) is 13.0. The van der Waals surface area contributed by atoms with Gasteiger partial charge in [0.1, 0.15) is 6.04 Å². The number of carboxylic acids is 1. The maximum absolute atomic E-state index is 10.5. The van der Waals surface area contributed by atoms with Gasteiger partial charge in [0.15, 0.2) is 0 Å². The van der Waals surface area contributed by atoms with E-state index in [1.165, 1.54) is 0 Å². The van der Waals surface area contributed by atoms with Gasteiger partial charge in [-0.1, -0.05) is 0 Å². The molecule has 0 spiro atoms. The third kappa shape index (κ3) is 4.14.